The third-order valence-corrected chi connectivity index (χ3v) is 5.28. The van der Waals surface area contributed by atoms with Crippen LogP contribution < -0.4 is 5.32 Å². The van der Waals surface area contributed by atoms with Crippen molar-refractivity contribution < 1.29 is 23.9 Å². The summed E-state index contributed by atoms with van der Waals surface area (Å²) in [6.07, 6.45) is 2.05. The van der Waals surface area contributed by atoms with Gasteiger partial charge in [0.05, 0.1) is 12.2 Å². The van der Waals surface area contributed by atoms with E-state index in [4.69, 9.17) is 32.7 Å². The summed E-state index contributed by atoms with van der Waals surface area (Å²) in [5, 5.41) is 2.57. The number of ether oxygens (including phenoxy) is 2. The minimum Gasteiger partial charge on any atom is -0.462 e. The highest BCUT2D eigenvalue weighted by atomic mass is 35.5. The summed E-state index contributed by atoms with van der Waals surface area (Å²) in [5.41, 5.74) is -0.110. The van der Waals surface area contributed by atoms with Gasteiger partial charge in [0.2, 0.25) is 0 Å². The predicted molar refractivity (Wildman–Crippen MR) is 98.4 cm³/mol. The Bertz CT molecular complexity index is 689. The molecule has 0 aliphatic heterocycles. The summed E-state index contributed by atoms with van der Waals surface area (Å²) in [7, 11) is 0. The quantitative estimate of drug-likeness (QED) is 0.407. The molecule has 0 saturated heterocycles. The number of rotatable bonds is 8. The summed E-state index contributed by atoms with van der Waals surface area (Å²) in [4.78, 5) is 35.6. The molecule has 1 N–H and O–H groups in total. The molecule has 1 atom stereocenters. The summed E-state index contributed by atoms with van der Waals surface area (Å²) in [6.45, 7) is 3.53. The van der Waals surface area contributed by atoms with Gasteiger partial charge in [-0.05, 0) is 37.6 Å². The highest BCUT2D eigenvalue weighted by Crippen LogP contribution is 2.64. The molecule has 1 aromatic rings. The molecule has 1 amide bonds. The first-order valence-electron chi connectivity index (χ1n) is 8.32. The highest BCUT2D eigenvalue weighted by molar-refractivity contribution is 6.53. The molecule has 0 radical (unpaired) electrons. The van der Waals surface area contributed by atoms with Crippen molar-refractivity contribution in [2.24, 2.45) is 5.41 Å². The zero-order chi connectivity index (χ0) is 19.4. The maximum absolute atomic E-state index is 11.9. The second-order valence-corrected chi connectivity index (χ2v) is 7.89. The van der Waals surface area contributed by atoms with Gasteiger partial charge in [-0.1, -0.05) is 13.3 Å². The number of carbonyl (C=O) groups is 3. The number of halogens is 2. The smallest absolute Gasteiger partial charge is 0.338 e. The Hall–Kier alpha value is -1.79. The SMILES string of the molecule is CCCCOC(=O)c1ccc(NC(=O)COC(=O)[C@]2(C)CC2(Cl)Cl)cc1. The van der Waals surface area contributed by atoms with E-state index in [1.165, 1.54) is 0 Å². The third-order valence-electron chi connectivity index (χ3n) is 4.18. The van der Waals surface area contributed by atoms with Gasteiger partial charge < -0.3 is 14.8 Å². The van der Waals surface area contributed by atoms with Crippen LogP contribution in [0.5, 0.6) is 0 Å². The highest BCUT2D eigenvalue weighted by Gasteiger charge is 2.69. The van der Waals surface area contributed by atoms with Gasteiger partial charge in [-0.2, -0.15) is 0 Å². The number of alkyl halides is 2. The van der Waals surface area contributed by atoms with E-state index in [9.17, 15) is 14.4 Å². The van der Waals surface area contributed by atoms with Crippen LogP contribution in [-0.4, -0.2) is 35.4 Å². The van der Waals surface area contributed by atoms with Crippen LogP contribution in [-0.2, 0) is 19.1 Å². The first-order valence-corrected chi connectivity index (χ1v) is 9.07. The average Bonchev–Trinajstić information content (AvgIpc) is 3.12. The summed E-state index contributed by atoms with van der Waals surface area (Å²) in [5.74, 6) is -1.52. The Morgan fingerprint density at radius 2 is 1.77 bits per heavy atom. The van der Waals surface area contributed by atoms with Crippen molar-refractivity contribution in [2.45, 2.75) is 37.4 Å². The van der Waals surface area contributed by atoms with E-state index in [0.717, 1.165) is 12.8 Å². The molecule has 0 spiro atoms. The molecule has 8 heteroatoms. The van der Waals surface area contributed by atoms with Crippen LogP contribution in [0.15, 0.2) is 24.3 Å². The standard InChI is InChI=1S/C18H21Cl2NO5/c1-3-4-9-25-15(23)12-5-7-13(8-6-12)21-14(22)10-26-16(24)17(2)11-18(17,19)20/h5-8H,3-4,9-11H2,1-2H3,(H,21,22)/t17-/m0/s1. The molecule has 142 valence electrons. The molecule has 1 aromatic carbocycles. The van der Waals surface area contributed by atoms with Crippen molar-refractivity contribution in [3.8, 4) is 0 Å². The minimum atomic E-state index is -1.14. The van der Waals surface area contributed by atoms with E-state index in [1.807, 2.05) is 6.92 Å². The summed E-state index contributed by atoms with van der Waals surface area (Å²) >= 11 is 11.8. The Labute approximate surface area is 162 Å². The van der Waals surface area contributed by atoms with Gasteiger partial charge in [0.1, 0.15) is 9.75 Å². The Morgan fingerprint density at radius 3 is 2.31 bits per heavy atom. The number of amides is 1. The first kappa shape index (κ1) is 20.5. The molecule has 6 nitrogen and oxygen atoms in total. The maximum Gasteiger partial charge on any atom is 0.338 e. The Balaban J connectivity index is 1.79. The lowest BCUT2D eigenvalue weighted by molar-refractivity contribution is -0.152. The van der Waals surface area contributed by atoms with E-state index >= 15 is 0 Å². The third kappa shape index (κ3) is 4.89. The second-order valence-electron chi connectivity index (χ2n) is 6.40. The van der Waals surface area contributed by atoms with E-state index in [1.54, 1.807) is 31.2 Å². The lowest BCUT2D eigenvalue weighted by Crippen LogP contribution is -2.26. The van der Waals surface area contributed by atoms with Crippen LogP contribution >= 0.6 is 23.2 Å². The van der Waals surface area contributed by atoms with Crippen LogP contribution in [0.4, 0.5) is 5.69 Å². The predicted octanol–water partition coefficient (Wildman–Crippen LogP) is 3.71. The molecular formula is C18H21Cl2NO5. The molecule has 1 fully saturated rings. The number of hydrogen-bond acceptors (Lipinski definition) is 5. The molecule has 2 rings (SSSR count). The molecule has 0 aromatic heterocycles. The van der Waals surface area contributed by atoms with Crippen LogP contribution in [0.2, 0.25) is 0 Å². The van der Waals surface area contributed by atoms with Crippen LogP contribution in [0.1, 0.15) is 43.5 Å². The Morgan fingerprint density at radius 1 is 1.15 bits per heavy atom. The van der Waals surface area contributed by atoms with E-state index in [0.29, 0.717) is 24.3 Å². The molecule has 1 aliphatic carbocycles. The average molecular weight is 402 g/mol. The van der Waals surface area contributed by atoms with Gasteiger partial charge in [0, 0.05) is 12.1 Å². The van der Waals surface area contributed by atoms with Crippen molar-refractivity contribution in [1.82, 2.24) is 0 Å². The van der Waals surface area contributed by atoms with E-state index in [2.05, 4.69) is 5.32 Å². The van der Waals surface area contributed by atoms with E-state index < -0.39 is 34.2 Å². The fourth-order valence-corrected chi connectivity index (χ4v) is 2.88. The molecule has 1 saturated carbocycles. The van der Waals surface area contributed by atoms with Gasteiger partial charge in [0.25, 0.3) is 5.91 Å². The van der Waals surface area contributed by atoms with Gasteiger partial charge >= 0.3 is 11.9 Å². The largest absolute Gasteiger partial charge is 0.462 e. The van der Waals surface area contributed by atoms with Crippen molar-refractivity contribution in [3.63, 3.8) is 0 Å². The molecule has 26 heavy (non-hydrogen) atoms. The number of anilines is 1. The molecule has 1 aliphatic rings. The number of carbonyl (C=O) groups excluding carboxylic acids is 3. The zero-order valence-corrected chi connectivity index (χ0v) is 16.2. The normalized spacial score (nSPS) is 20.2. The second kappa shape index (κ2) is 8.27. The minimum absolute atomic E-state index is 0.291. The van der Waals surface area contributed by atoms with Crippen molar-refractivity contribution in [1.29, 1.82) is 0 Å². The van der Waals surface area contributed by atoms with Gasteiger partial charge in [-0.3, -0.25) is 9.59 Å². The monoisotopic (exact) mass is 401 g/mol. The lowest BCUT2D eigenvalue weighted by Gasteiger charge is -2.12. The number of unbranched alkanes of at least 4 members (excludes halogenated alkanes) is 1. The maximum atomic E-state index is 11.9. The lowest BCUT2D eigenvalue weighted by atomic mass is 10.1. The van der Waals surface area contributed by atoms with Gasteiger partial charge in [0.15, 0.2) is 6.61 Å². The summed E-state index contributed by atoms with van der Waals surface area (Å²) in [6, 6.07) is 6.24. The number of esters is 2. The number of nitrogens with one attached hydrogen (secondary N) is 1. The fraction of sp³-hybridized carbons (Fsp3) is 0.500. The fourth-order valence-electron chi connectivity index (χ4n) is 2.19. The van der Waals surface area contributed by atoms with Gasteiger partial charge in [-0.15, -0.1) is 23.2 Å². The molecule has 0 unspecified atom stereocenters. The Kier molecular flexibility index (Phi) is 6.53. The zero-order valence-electron chi connectivity index (χ0n) is 14.6. The van der Waals surface area contributed by atoms with Crippen molar-refractivity contribution in [2.75, 3.05) is 18.5 Å². The summed E-state index contributed by atoms with van der Waals surface area (Å²) < 4.78 is 8.93. The van der Waals surface area contributed by atoms with E-state index in [-0.39, 0.29) is 0 Å². The number of hydrogen-bond donors (Lipinski definition) is 1. The van der Waals surface area contributed by atoms with Crippen molar-refractivity contribution >= 4 is 46.7 Å². The van der Waals surface area contributed by atoms with Crippen molar-refractivity contribution in [3.05, 3.63) is 29.8 Å². The van der Waals surface area contributed by atoms with Crippen LogP contribution in [0.3, 0.4) is 0 Å². The topological polar surface area (TPSA) is 81.7 Å². The first-order chi connectivity index (χ1) is 12.2. The van der Waals surface area contributed by atoms with Crippen LogP contribution in [0.25, 0.3) is 0 Å². The van der Waals surface area contributed by atoms with Gasteiger partial charge in [-0.25, -0.2) is 4.79 Å². The van der Waals surface area contributed by atoms with Crippen LogP contribution in [0, 0.1) is 5.41 Å². The molecular weight excluding hydrogens is 381 g/mol. The number of benzene rings is 1. The molecule has 0 bridgehead atoms. The molecule has 0 heterocycles.